The van der Waals surface area contributed by atoms with Gasteiger partial charge in [-0.15, -0.1) is 10.2 Å². The molecule has 9 nitrogen and oxygen atoms in total. The number of amides is 2. The van der Waals surface area contributed by atoms with Gasteiger partial charge in [-0.3, -0.25) is 10.6 Å². The van der Waals surface area contributed by atoms with Gasteiger partial charge >= 0.3 is 6.03 Å². The summed E-state index contributed by atoms with van der Waals surface area (Å²) in [5.74, 6) is 1.33. The predicted molar refractivity (Wildman–Crippen MR) is 109 cm³/mol. The van der Waals surface area contributed by atoms with E-state index >= 15 is 0 Å². The number of nitrogens with one attached hydrogen (secondary N) is 2. The normalized spacial score (nSPS) is 11.9. The third kappa shape index (κ3) is 3.90. The Bertz CT molecular complexity index is 1150. The molecule has 1 unspecified atom stereocenters. The lowest BCUT2D eigenvalue weighted by Gasteiger charge is -2.13. The Morgan fingerprint density at radius 3 is 2.86 bits per heavy atom. The maximum Gasteiger partial charge on any atom is 0.326 e. The maximum atomic E-state index is 12.5. The second kappa shape index (κ2) is 8.03. The van der Waals surface area contributed by atoms with Crippen LogP contribution < -0.4 is 10.6 Å². The highest BCUT2D eigenvalue weighted by Crippen LogP contribution is 2.22. The van der Waals surface area contributed by atoms with E-state index in [0.29, 0.717) is 23.2 Å². The highest BCUT2D eigenvalue weighted by Gasteiger charge is 2.14. The average molecular weight is 389 g/mol. The minimum absolute atomic E-state index is 0.0522. The van der Waals surface area contributed by atoms with Gasteiger partial charge in [0.25, 0.3) is 0 Å². The number of carbonyl (C=O) groups excluding carboxylic acids is 1. The Hall–Kier alpha value is -3.85. The van der Waals surface area contributed by atoms with E-state index in [1.54, 1.807) is 29.0 Å². The quantitative estimate of drug-likeness (QED) is 0.483. The summed E-state index contributed by atoms with van der Waals surface area (Å²) in [4.78, 5) is 21.2. The lowest BCUT2D eigenvalue weighted by Crippen LogP contribution is -2.21. The van der Waals surface area contributed by atoms with E-state index in [2.05, 4.69) is 30.8 Å². The number of hydrogen-bond acceptors (Lipinski definition) is 6. The summed E-state index contributed by atoms with van der Waals surface area (Å²) in [5.41, 5.74) is 0.531. The first-order chi connectivity index (χ1) is 14.2. The van der Waals surface area contributed by atoms with Crippen LogP contribution in [-0.4, -0.2) is 42.5 Å². The fourth-order valence-corrected chi connectivity index (χ4v) is 2.94. The van der Waals surface area contributed by atoms with Crippen LogP contribution in [0, 0.1) is 0 Å². The van der Waals surface area contributed by atoms with E-state index < -0.39 is 6.03 Å². The van der Waals surface area contributed by atoms with E-state index in [1.165, 1.54) is 6.33 Å². The third-order valence-electron chi connectivity index (χ3n) is 4.44. The Labute approximate surface area is 166 Å². The van der Waals surface area contributed by atoms with Crippen molar-refractivity contribution in [2.75, 3.05) is 17.2 Å². The van der Waals surface area contributed by atoms with Crippen molar-refractivity contribution in [2.45, 2.75) is 13.0 Å². The van der Waals surface area contributed by atoms with Gasteiger partial charge in [0.15, 0.2) is 5.82 Å². The van der Waals surface area contributed by atoms with Crippen LogP contribution in [0.4, 0.5) is 16.4 Å². The van der Waals surface area contributed by atoms with Gasteiger partial charge in [-0.2, -0.15) is 0 Å². The molecule has 0 saturated heterocycles. The number of anilines is 2. The van der Waals surface area contributed by atoms with Crippen LogP contribution >= 0.6 is 0 Å². The zero-order valence-electron chi connectivity index (χ0n) is 15.6. The van der Waals surface area contributed by atoms with Crippen molar-refractivity contribution in [3.05, 3.63) is 61.1 Å². The van der Waals surface area contributed by atoms with Crippen molar-refractivity contribution in [2.24, 2.45) is 0 Å². The number of aromatic nitrogens is 5. The lowest BCUT2D eigenvalue weighted by atomic mass is 10.1. The molecule has 2 amide bonds. The molecule has 4 aromatic rings. The van der Waals surface area contributed by atoms with E-state index in [9.17, 15) is 9.90 Å². The van der Waals surface area contributed by atoms with Gasteiger partial charge in [0.2, 0.25) is 0 Å². The van der Waals surface area contributed by atoms with Gasteiger partial charge in [-0.05, 0) is 30.5 Å². The molecule has 0 fully saturated rings. The molecule has 0 spiro atoms. The van der Waals surface area contributed by atoms with Crippen molar-refractivity contribution in [1.29, 1.82) is 0 Å². The number of aliphatic hydroxyl groups is 1. The van der Waals surface area contributed by atoms with Crippen molar-refractivity contribution < 1.29 is 9.90 Å². The first kappa shape index (κ1) is 18.5. The van der Waals surface area contributed by atoms with Gasteiger partial charge in [-0.25, -0.2) is 14.8 Å². The molecular formula is C20H19N7O2. The van der Waals surface area contributed by atoms with Crippen molar-refractivity contribution in [3.8, 4) is 11.5 Å². The fraction of sp³-hybridized carbons (Fsp3) is 0.150. The Balaban J connectivity index is 1.54. The van der Waals surface area contributed by atoms with Crippen molar-refractivity contribution >= 4 is 28.4 Å². The highest BCUT2D eigenvalue weighted by atomic mass is 16.3. The highest BCUT2D eigenvalue weighted by molar-refractivity contribution is 6.04. The van der Waals surface area contributed by atoms with E-state index in [0.717, 1.165) is 10.8 Å². The zero-order chi connectivity index (χ0) is 20.2. The maximum absolute atomic E-state index is 12.5. The fourth-order valence-electron chi connectivity index (χ4n) is 2.94. The van der Waals surface area contributed by atoms with Crippen LogP contribution in [0.2, 0.25) is 0 Å². The Morgan fingerprint density at radius 2 is 2.00 bits per heavy atom. The van der Waals surface area contributed by atoms with Gasteiger partial charge in [-0.1, -0.05) is 30.3 Å². The van der Waals surface area contributed by atoms with Gasteiger partial charge < -0.3 is 9.67 Å². The number of rotatable bonds is 5. The summed E-state index contributed by atoms with van der Waals surface area (Å²) in [6.07, 6.45) is 3.18. The first-order valence-electron chi connectivity index (χ1n) is 9.05. The molecule has 29 heavy (non-hydrogen) atoms. The minimum Gasteiger partial charge on any atom is -0.394 e. The molecule has 1 atom stereocenters. The van der Waals surface area contributed by atoms with Crippen LogP contribution in [0.15, 0.2) is 61.1 Å². The summed E-state index contributed by atoms with van der Waals surface area (Å²) >= 11 is 0. The topological polar surface area (TPSA) is 118 Å². The zero-order valence-corrected chi connectivity index (χ0v) is 15.6. The minimum atomic E-state index is -0.455. The summed E-state index contributed by atoms with van der Waals surface area (Å²) in [6, 6.07) is 14.1. The van der Waals surface area contributed by atoms with Crippen molar-refractivity contribution in [3.63, 3.8) is 0 Å². The molecule has 3 N–H and O–H groups in total. The van der Waals surface area contributed by atoms with Gasteiger partial charge in [0.05, 0.1) is 12.6 Å². The summed E-state index contributed by atoms with van der Waals surface area (Å²) < 4.78 is 1.73. The standard InChI is InChI=1S/C20H19N7O2/c1-13(11-28)27-12-22-26-19(27)16-7-4-8-17(23-16)24-20(29)25-18-15-6-3-2-5-14(15)9-10-21-18/h2-10,12-13,28H,11H2,1H3,(H2,21,23,24,25,29). The number of carbonyl (C=O) groups is 1. The molecule has 4 rings (SSSR count). The van der Waals surface area contributed by atoms with Crippen LogP contribution in [0.25, 0.3) is 22.3 Å². The first-order valence-corrected chi connectivity index (χ1v) is 9.05. The monoisotopic (exact) mass is 389 g/mol. The van der Waals surface area contributed by atoms with Crippen LogP contribution in [-0.2, 0) is 0 Å². The number of aliphatic hydroxyl groups excluding tert-OH is 1. The molecule has 0 aliphatic rings. The van der Waals surface area contributed by atoms with E-state index in [-0.39, 0.29) is 12.6 Å². The molecule has 0 bridgehead atoms. The second-order valence-electron chi connectivity index (χ2n) is 6.46. The molecule has 146 valence electrons. The van der Waals surface area contributed by atoms with Crippen LogP contribution in [0.1, 0.15) is 13.0 Å². The predicted octanol–water partition coefficient (Wildman–Crippen LogP) is 3.09. The average Bonchev–Trinajstić information content (AvgIpc) is 3.23. The van der Waals surface area contributed by atoms with Gasteiger partial charge in [0, 0.05) is 11.6 Å². The molecular weight excluding hydrogens is 370 g/mol. The van der Waals surface area contributed by atoms with E-state index in [4.69, 9.17) is 0 Å². The number of urea groups is 1. The largest absolute Gasteiger partial charge is 0.394 e. The smallest absolute Gasteiger partial charge is 0.326 e. The number of pyridine rings is 2. The molecule has 0 saturated carbocycles. The Morgan fingerprint density at radius 1 is 1.14 bits per heavy atom. The molecule has 0 aliphatic heterocycles. The van der Waals surface area contributed by atoms with E-state index in [1.807, 2.05) is 37.3 Å². The SMILES string of the molecule is CC(CO)n1cnnc1-c1cccc(NC(=O)Nc2nccc3ccccc23)n1. The molecule has 3 heterocycles. The number of benzene rings is 1. The molecule has 0 radical (unpaired) electrons. The molecule has 3 aromatic heterocycles. The lowest BCUT2D eigenvalue weighted by molar-refractivity contribution is 0.239. The Kier molecular flexibility index (Phi) is 5.12. The number of nitrogens with zero attached hydrogens (tertiary/aromatic N) is 5. The van der Waals surface area contributed by atoms with Crippen LogP contribution in [0.3, 0.4) is 0 Å². The molecule has 0 aliphatic carbocycles. The molecule has 1 aromatic carbocycles. The van der Waals surface area contributed by atoms with Crippen molar-refractivity contribution in [1.82, 2.24) is 24.7 Å². The summed E-state index contributed by atoms with van der Waals surface area (Å²) in [6.45, 7) is 1.79. The number of fused-ring (bicyclic) bond motifs is 1. The van der Waals surface area contributed by atoms with Gasteiger partial charge in [0.1, 0.15) is 23.7 Å². The number of hydrogen-bond donors (Lipinski definition) is 3. The molecule has 9 heteroatoms. The second-order valence-corrected chi connectivity index (χ2v) is 6.46. The third-order valence-corrected chi connectivity index (χ3v) is 4.44. The summed E-state index contributed by atoms with van der Waals surface area (Å²) in [5, 5.41) is 24.7. The summed E-state index contributed by atoms with van der Waals surface area (Å²) in [7, 11) is 0. The van der Waals surface area contributed by atoms with Crippen LogP contribution in [0.5, 0.6) is 0 Å².